The van der Waals surface area contributed by atoms with Gasteiger partial charge in [-0.15, -0.1) is 0 Å². The van der Waals surface area contributed by atoms with Crippen LogP contribution in [0.1, 0.15) is 5.69 Å². The number of nitrogens with zero attached hydrogens (tertiary/aromatic N) is 3. The van der Waals surface area contributed by atoms with Gasteiger partial charge in [-0.05, 0) is 12.1 Å². The van der Waals surface area contributed by atoms with E-state index in [1.807, 2.05) is 18.3 Å². The van der Waals surface area contributed by atoms with Crippen LogP contribution in [0.2, 0.25) is 0 Å². The van der Waals surface area contributed by atoms with E-state index in [4.69, 9.17) is 11.0 Å². The van der Waals surface area contributed by atoms with Gasteiger partial charge in [0.1, 0.15) is 0 Å². The Labute approximate surface area is 111 Å². The molecule has 1 aromatic heterocycles. The minimum atomic E-state index is 0.482. The van der Waals surface area contributed by atoms with Crippen LogP contribution < -0.4 is 16.4 Å². The van der Waals surface area contributed by atoms with Crippen LogP contribution in [0, 0.1) is 11.5 Å². The topological polar surface area (TPSA) is 99.1 Å². The Morgan fingerprint density at radius 3 is 3.17 bits per heavy atom. The van der Waals surface area contributed by atoms with Gasteiger partial charge in [0.2, 0.25) is 5.96 Å². The maximum atomic E-state index is 8.44. The second-order valence-electron chi connectivity index (χ2n) is 3.33. The number of nitrogens with two attached hydrogens (primary N) is 1. The lowest BCUT2D eigenvalue weighted by atomic mass is 10.3. The number of nitrogen functional groups attached to an aromatic ring is 1. The van der Waals surface area contributed by atoms with E-state index in [2.05, 4.69) is 20.6 Å². The molecule has 1 rings (SSSR count). The van der Waals surface area contributed by atoms with Crippen molar-refractivity contribution in [2.24, 2.45) is 4.99 Å². The van der Waals surface area contributed by atoms with Gasteiger partial charge in [0.25, 0.3) is 0 Å². The first-order chi connectivity index (χ1) is 8.77. The van der Waals surface area contributed by atoms with Crippen molar-refractivity contribution in [3.8, 4) is 6.19 Å². The standard InChI is InChI=1S/C11H16N6S/c1-14-11(17-8-12)16-5-6-18-7-10-9(13)3-2-4-15-10/h2-4H,5-7,13H2,1H3,(H2,14,16,17). The molecule has 4 N–H and O–H groups in total. The highest BCUT2D eigenvalue weighted by atomic mass is 32.2. The first kappa shape index (κ1) is 14.1. The predicted molar refractivity (Wildman–Crippen MR) is 74.9 cm³/mol. The molecule has 7 heteroatoms. The van der Waals surface area contributed by atoms with Crippen molar-refractivity contribution >= 4 is 23.4 Å². The molecule has 0 amide bonds. The largest absolute Gasteiger partial charge is 0.397 e. The fourth-order valence-corrected chi connectivity index (χ4v) is 2.04. The van der Waals surface area contributed by atoms with Crippen molar-refractivity contribution in [3.63, 3.8) is 0 Å². The summed E-state index contributed by atoms with van der Waals surface area (Å²) >= 11 is 1.72. The summed E-state index contributed by atoms with van der Waals surface area (Å²) in [7, 11) is 1.62. The fraction of sp³-hybridized carbons (Fsp3) is 0.364. The van der Waals surface area contributed by atoms with E-state index < -0.39 is 0 Å². The molecule has 0 unspecified atom stereocenters. The first-order valence-electron chi connectivity index (χ1n) is 5.40. The molecule has 0 bridgehead atoms. The SMILES string of the molecule is CN=C(NC#N)NCCSCc1ncccc1N. The monoisotopic (exact) mass is 264 g/mol. The van der Waals surface area contributed by atoms with Gasteiger partial charge in [0, 0.05) is 31.3 Å². The summed E-state index contributed by atoms with van der Waals surface area (Å²) in [4.78, 5) is 8.09. The average Bonchev–Trinajstić information content (AvgIpc) is 2.39. The number of anilines is 1. The summed E-state index contributed by atoms with van der Waals surface area (Å²) in [5.41, 5.74) is 7.41. The summed E-state index contributed by atoms with van der Waals surface area (Å²) in [6.45, 7) is 0.721. The quantitative estimate of drug-likeness (QED) is 0.236. The van der Waals surface area contributed by atoms with E-state index in [9.17, 15) is 0 Å². The maximum absolute atomic E-state index is 8.44. The number of guanidine groups is 1. The molecular formula is C11H16N6S. The van der Waals surface area contributed by atoms with Crippen LogP contribution in [0.15, 0.2) is 23.3 Å². The summed E-state index contributed by atoms with van der Waals surface area (Å²) < 4.78 is 0. The zero-order valence-electron chi connectivity index (χ0n) is 10.2. The molecule has 0 radical (unpaired) electrons. The molecule has 0 aliphatic carbocycles. The van der Waals surface area contributed by atoms with Gasteiger partial charge >= 0.3 is 0 Å². The summed E-state index contributed by atoms with van der Waals surface area (Å²) in [6.07, 6.45) is 3.56. The highest BCUT2D eigenvalue weighted by molar-refractivity contribution is 7.98. The number of hydrogen-bond acceptors (Lipinski definition) is 5. The molecule has 0 spiro atoms. The van der Waals surface area contributed by atoms with Crippen molar-refractivity contribution in [3.05, 3.63) is 24.0 Å². The Morgan fingerprint density at radius 1 is 1.67 bits per heavy atom. The van der Waals surface area contributed by atoms with E-state index in [0.717, 1.165) is 29.4 Å². The third-order valence-corrected chi connectivity index (χ3v) is 3.07. The third kappa shape index (κ3) is 4.93. The lowest BCUT2D eigenvalue weighted by Gasteiger charge is -2.07. The Bertz CT molecular complexity index is 439. The van der Waals surface area contributed by atoms with Crippen molar-refractivity contribution in [2.45, 2.75) is 5.75 Å². The minimum absolute atomic E-state index is 0.482. The number of aliphatic imine (C=N–C) groups is 1. The molecule has 0 fully saturated rings. The molecule has 1 heterocycles. The lowest BCUT2D eigenvalue weighted by molar-refractivity contribution is 0.930. The van der Waals surface area contributed by atoms with Gasteiger partial charge in [-0.2, -0.15) is 17.0 Å². The van der Waals surface area contributed by atoms with Crippen LogP contribution in [-0.2, 0) is 5.75 Å². The minimum Gasteiger partial charge on any atom is -0.397 e. The van der Waals surface area contributed by atoms with E-state index in [1.165, 1.54) is 0 Å². The fourth-order valence-electron chi connectivity index (χ4n) is 1.21. The molecule has 0 aliphatic rings. The van der Waals surface area contributed by atoms with Crippen LogP contribution in [0.3, 0.4) is 0 Å². The van der Waals surface area contributed by atoms with Gasteiger partial charge in [-0.25, -0.2) is 0 Å². The van der Waals surface area contributed by atoms with Crippen LogP contribution in [0.4, 0.5) is 5.69 Å². The predicted octanol–water partition coefficient (Wildman–Crippen LogP) is 0.543. The molecule has 0 atom stereocenters. The Morgan fingerprint density at radius 2 is 2.50 bits per heavy atom. The highest BCUT2D eigenvalue weighted by Crippen LogP contribution is 2.14. The molecule has 96 valence electrons. The molecule has 0 saturated carbocycles. The molecule has 0 aliphatic heterocycles. The molecule has 6 nitrogen and oxygen atoms in total. The number of pyridine rings is 1. The van der Waals surface area contributed by atoms with Crippen molar-refractivity contribution in [1.82, 2.24) is 15.6 Å². The van der Waals surface area contributed by atoms with E-state index in [1.54, 1.807) is 25.0 Å². The van der Waals surface area contributed by atoms with Crippen LogP contribution >= 0.6 is 11.8 Å². The van der Waals surface area contributed by atoms with Crippen LogP contribution in [-0.4, -0.2) is 30.3 Å². The summed E-state index contributed by atoms with van der Waals surface area (Å²) in [5, 5.41) is 13.9. The molecule has 0 aromatic carbocycles. The highest BCUT2D eigenvalue weighted by Gasteiger charge is 2.00. The van der Waals surface area contributed by atoms with E-state index >= 15 is 0 Å². The zero-order valence-corrected chi connectivity index (χ0v) is 11.0. The van der Waals surface area contributed by atoms with Crippen molar-refractivity contribution in [2.75, 3.05) is 25.1 Å². The number of hydrogen-bond donors (Lipinski definition) is 3. The van der Waals surface area contributed by atoms with Crippen molar-refractivity contribution < 1.29 is 0 Å². The molecule has 1 aromatic rings. The van der Waals surface area contributed by atoms with Gasteiger partial charge < -0.3 is 11.1 Å². The maximum Gasteiger partial charge on any atom is 0.204 e. The van der Waals surface area contributed by atoms with E-state index in [-0.39, 0.29) is 0 Å². The first-order valence-corrected chi connectivity index (χ1v) is 6.56. The van der Waals surface area contributed by atoms with Gasteiger partial charge in [0.05, 0.1) is 11.4 Å². The summed E-state index contributed by atoms with van der Waals surface area (Å²) in [5.74, 6) is 2.14. The lowest BCUT2D eigenvalue weighted by Crippen LogP contribution is -2.35. The smallest absolute Gasteiger partial charge is 0.204 e. The zero-order chi connectivity index (χ0) is 13.2. The van der Waals surface area contributed by atoms with Crippen LogP contribution in [0.5, 0.6) is 0 Å². The van der Waals surface area contributed by atoms with Crippen molar-refractivity contribution in [1.29, 1.82) is 5.26 Å². The number of rotatable bonds is 5. The Hall–Kier alpha value is -1.94. The van der Waals surface area contributed by atoms with E-state index in [0.29, 0.717) is 5.96 Å². The third-order valence-electron chi connectivity index (χ3n) is 2.10. The summed E-state index contributed by atoms with van der Waals surface area (Å²) in [6, 6.07) is 3.67. The number of aromatic nitrogens is 1. The van der Waals surface area contributed by atoms with Gasteiger partial charge in [-0.1, -0.05) is 0 Å². The second-order valence-corrected chi connectivity index (χ2v) is 4.43. The Kier molecular flexibility index (Phi) is 6.43. The van der Waals surface area contributed by atoms with Crippen LogP contribution in [0.25, 0.3) is 0 Å². The number of nitrogens with one attached hydrogen (secondary N) is 2. The average molecular weight is 264 g/mol. The Balaban J connectivity index is 2.20. The molecule has 0 saturated heterocycles. The normalized spacial score (nSPS) is 10.8. The molecular weight excluding hydrogens is 248 g/mol. The number of nitriles is 1. The van der Waals surface area contributed by atoms with Gasteiger partial charge in [0.15, 0.2) is 6.19 Å². The molecule has 18 heavy (non-hydrogen) atoms. The number of thioether (sulfide) groups is 1. The second kappa shape index (κ2) is 8.20. The van der Waals surface area contributed by atoms with Gasteiger partial charge in [-0.3, -0.25) is 15.3 Å².